The number of nitrogens with zero attached hydrogens (tertiary/aromatic N) is 1. The van der Waals surface area contributed by atoms with Crippen molar-refractivity contribution in [1.29, 1.82) is 0 Å². The monoisotopic (exact) mass is 656 g/mol. The minimum atomic E-state index is -0.748. The molecule has 0 aliphatic rings. The van der Waals surface area contributed by atoms with Crippen molar-refractivity contribution in [3.05, 3.63) is 176 Å². The highest BCUT2D eigenvalue weighted by molar-refractivity contribution is 7.25. The molecular weight excluding hydrogens is 615 g/mol. The molecular formula is C46H29NOS. The maximum atomic E-state index is 9.70. The van der Waals surface area contributed by atoms with Crippen molar-refractivity contribution in [3.63, 3.8) is 0 Å². The standard InChI is InChI=1S/C46H29NOS/c1-2-10-30(11-3-1)31-20-25-34(26-21-31)47(40-16-9-17-41-45(40)39-29-24-32-12-4-5-13-37(32)46(39)48-41)35-27-22-33(23-28-35)36-15-8-19-43-44(36)38-14-6-7-18-42(38)49-43/h1-29H/i1D,2D,3D,10D,11D,20D,21D,22D,23D,25D,26D,27D,28D. The van der Waals surface area contributed by atoms with Crippen LogP contribution in [0.25, 0.3) is 75.1 Å². The summed E-state index contributed by atoms with van der Waals surface area (Å²) < 4.78 is 126. The molecule has 49 heavy (non-hydrogen) atoms. The van der Waals surface area contributed by atoms with Crippen LogP contribution in [0.15, 0.2) is 180 Å². The molecule has 10 rings (SSSR count). The van der Waals surface area contributed by atoms with E-state index in [0.717, 1.165) is 30.9 Å². The number of fused-ring (bicyclic) bond motifs is 8. The Hall–Kier alpha value is -6.16. The van der Waals surface area contributed by atoms with Gasteiger partial charge in [-0.05, 0) is 82.1 Å². The first-order chi connectivity index (χ1) is 29.7. The van der Waals surface area contributed by atoms with Gasteiger partial charge in [0.05, 0.1) is 28.9 Å². The van der Waals surface area contributed by atoms with Crippen molar-refractivity contribution in [2.75, 3.05) is 4.90 Å². The average Bonchev–Trinajstić information content (AvgIpc) is 3.86. The maximum absolute atomic E-state index is 9.70. The van der Waals surface area contributed by atoms with Gasteiger partial charge in [0.25, 0.3) is 0 Å². The van der Waals surface area contributed by atoms with E-state index >= 15 is 0 Å². The molecule has 0 aliphatic carbocycles. The van der Waals surface area contributed by atoms with Crippen LogP contribution in [0.1, 0.15) is 17.8 Å². The number of benzene rings is 8. The van der Waals surface area contributed by atoms with Gasteiger partial charge in [-0.3, -0.25) is 0 Å². The molecule has 0 saturated carbocycles. The summed E-state index contributed by atoms with van der Waals surface area (Å²) in [6.45, 7) is 0. The largest absolute Gasteiger partial charge is 0.455 e. The van der Waals surface area contributed by atoms with Crippen molar-refractivity contribution in [1.82, 2.24) is 0 Å². The zero-order valence-electron chi connectivity index (χ0n) is 38.5. The summed E-state index contributed by atoms with van der Waals surface area (Å²) >= 11 is 1.54. The van der Waals surface area contributed by atoms with E-state index in [9.17, 15) is 11.0 Å². The van der Waals surface area contributed by atoms with Crippen molar-refractivity contribution >= 4 is 81.3 Å². The third kappa shape index (κ3) is 4.55. The van der Waals surface area contributed by atoms with E-state index in [1.807, 2.05) is 66.7 Å². The average molecular weight is 657 g/mol. The molecule has 0 unspecified atom stereocenters. The van der Waals surface area contributed by atoms with Crippen molar-refractivity contribution in [2.24, 2.45) is 0 Å². The second kappa shape index (κ2) is 11.2. The lowest BCUT2D eigenvalue weighted by Gasteiger charge is -2.26. The van der Waals surface area contributed by atoms with Gasteiger partial charge in [0, 0.05) is 42.3 Å². The second-order valence-electron chi connectivity index (χ2n) is 11.5. The minimum Gasteiger partial charge on any atom is -0.455 e. The van der Waals surface area contributed by atoms with Crippen LogP contribution in [0.4, 0.5) is 17.1 Å². The molecule has 0 amide bonds. The molecule has 2 nitrogen and oxygen atoms in total. The highest BCUT2D eigenvalue weighted by Gasteiger charge is 2.21. The van der Waals surface area contributed by atoms with Gasteiger partial charge in [-0.15, -0.1) is 11.3 Å². The Labute approximate surface area is 306 Å². The molecule has 0 N–H and O–H groups in total. The van der Waals surface area contributed by atoms with Gasteiger partial charge in [-0.2, -0.15) is 0 Å². The fraction of sp³-hybridized carbons (Fsp3) is 0. The van der Waals surface area contributed by atoms with Crippen LogP contribution in [-0.2, 0) is 0 Å². The van der Waals surface area contributed by atoms with Crippen molar-refractivity contribution in [2.45, 2.75) is 0 Å². The zero-order valence-corrected chi connectivity index (χ0v) is 26.3. The van der Waals surface area contributed by atoms with Gasteiger partial charge in [0.15, 0.2) is 0 Å². The zero-order chi connectivity index (χ0) is 43.6. The summed E-state index contributed by atoms with van der Waals surface area (Å²) in [6, 6.07) is 21.2. The van der Waals surface area contributed by atoms with Crippen LogP contribution in [0.5, 0.6) is 0 Å². The maximum Gasteiger partial charge on any atom is 0.143 e. The third-order valence-electron chi connectivity index (χ3n) is 8.70. The van der Waals surface area contributed by atoms with E-state index in [4.69, 9.17) is 11.3 Å². The molecule has 8 aromatic carbocycles. The first-order valence-corrected chi connectivity index (χ1v) is 16.4. The first kappa shape index (κ1) is 17.8. The summed E-state index contributed by atoms with van der Waals surface area (Å²) in [6.07, 6.45) is 0. The summed E-state index contributed by atoms with van der Waals surface area (Å²) in [4.78, 5) is 1.20. The smallest absolute Gasteiger partial charge is 0.143 e. The third-order valence-corrected chi connectivity index (χ3v) is 9.83. The van der Waals surface area contributed by atoms with E-state index in [1.165, 1.54) is 4.90 Å². The number of anilines is 3. The van der Waals surface area contributed by atoms with Crippen LogP contribution in [0, 0.1) is 0 Å². The second-order valence-corrected chi connectivity index (χ2v) is 12.6. The van der Waals surface area contributed by atoms with E-state index in [1.54, 1.807) is 41.7 Å². The normalized spacial score (nSPS) is 15.4. The van der Waals surface area contributed by atoms with E-state index < -0.39 is 95.4 Å². The molecule has 0 saturated heterocycles. The van der Waals surface area contributed by atoms with Crippen molar-refractivity contribution < 1.29 is 22.2 Å². The molecule has 3 heteroatoms. The van der Waals surface area contributed by atoms with Gasteiger partial charge >= 0.3 is 0 Å². The number of thiophene rings is 1. The lowest BCUT2D eigenvalue weighted by molar-refractivity contribution is 0.672. The van der Waals surface area contributed by atoms with Gasteiger partial charge in [0.2, 0.25) is 0 Å². The predicted octanol–water partition coefficient (Wildman–Crippen LogP) is 13.9. The van der Waals surface area contributed by atoms with E-state index in [-0.39, 0.29) is 16.9 Å². The van der Waals surface area contributed by atoms with Gasteiger partial charge < -0.3 is 9.32 Å². The minimum absolute atomic E-state index is 0.0346. The number of rotatable bonds is 5. The lowest BCUT2D eigenvalue weighted by atomic mass is 9.99. The molecule has 0 fully saturated rings. The van der Waals surface area contributed by atoms with E-state index in [2.05, 4.69) is 0 Å². The predicted molar refractivity (Wildman–Crippen MR) is 210 cm³/mol. The Morgan fingerprint density at radius 2 is 1.16 bits per heavy atom. The highest BCUT2D eigenvalue weighted by atomic mass is 32.1. The summed E-state index contributed by atoms with van der Waals surface area (Å²) in [5.41, 5.74) is -0.352. The van der Waals surface area contributed by atoms with Crippen LogP contribution < -0.4 is 4.90 Å². The topological polar surface area (TPSA) is 16.4 Å². The Morgan fingerprint density at radius 3 is 1.98 bits per heavy atom. The molecule has 2 heterocycles. The SMILES string of the molecule is [2H]c1c([2H])c([2H])c(-c2c([2H])c([2H])c(N(c3c([2H])c([2H])c(-c4cccc5sc6ccccc6c45)c([2H])c3[2H])c3cccc4oc5c6ccccc6ccc5c34)c([2H])c2[2H])c([2H])c1[2H]. The molecule has 2 aromatic heterocycles. The Morgan fingerprint density at radius 1 is 0.490 bits per heavy atom. The van der Waals surface area contributed by atoms with Crippen LogP contribution in [0.2, 0.25) is 0 Å². The van der Waals surface area contributed by atoms with Gasteiger partial charge in [-0.25, -0.2) is 0 Å². The molecule has 0 radical (unpaired) electrons. The quantitative estimate of drug-likeness (QED) is 0.183. The summed E-state index contributed by atoms with van der Waals surface area (Å²) in [7, 11) is 0. The Bertz CT molecular complexity index is 3510. The number of hydrogen-bond acceptors (Lipinski definition) is 3. The van der Waals surface area contributed by atoms with Gasteiger partial charge in [0.1, 0.15) is 11.2 Å². The molecule has 0 atom stereocenters. The van der Waals surface area contributed by atoms with Gasteiger partial charge in [-0.1, -0.05) is 121 Å². The number of furan rings is 1. The molecule has 0 spiro atoms. The molecule has 0 aliphatic heterocycles. The van der Waals surface area contributed by atoms with Crippen LogP contribution >= 0.6 is 11.3 Å². The molecule has 230 valence electrons. The number of hydrogen-bond donors (Lipinski definition) is 0. The fourth-order valence-electron chi connectivity index (χ4n) is 6.53. The van der Waals surface area contributed by atoms with Crippen LogP contribution in [-0.4, -0.2) is 0 Å². The van der Waals surface area contributed by atoms with E-state index in [0.29, 0.717) is 27.5 Å². The molecule has 0 bridgehead atoms. The van der Waals surface area contributed by atoms with Crippen LogP contribution in [0.3, 0.4) is 0 Å². The first-order valence-electron chi connectivity index (χ1n) is 22.0. The molecule has 10 aromatic rings. The summed E-state index contributed by atoms with van der Waals surface area (Å²) in [5, 5.41) is 4.35. The Kier molecular flexibility index (Phi) is 4.09. The summed E-state index contributed by atoms with van der Waals surface area (Å²) in [5.74, 6) is 0. The fourth-order valence-corrected chi connectivity index (χ4v) is 7.66. The van der Waals surface area contributed by atoms with Crippen molar-refractivity contribution in [3.8, 4) is 22.3 Å². The highest BCUT2D eigenvalue weighted by Crippen LogP contribution is 2.45. The lowest BCUT2D eigenvalue weighted by Crippen LogP contribution is -2.10. The Balaban J connectivity index is 1.32.